The Labute approximate surface area is 137 Å². The summed E-state index contributed by atoms with van der Waals surface area (Å²) in [7, 11) is 0. The lowest BCUT2D eigenvalue weighted by atomic mass is 10.0. The molecule has 0 spiro atoms. The van der Waals surface area contributed by atoms with Gasteiger partial charge in [0.1, 0.15) is 5.82 Å². The molecule has 0 bridgehead atoms. The molecule has 1 fully saturated rings. The minimum Gasteiger partial charge on any atom is -0.462 e. The van der Waals surface area contributed by atoms with Crippen LogP contribution in [0.15, 0.2) is 30.6 Å². The van der Waals surface area contributed by atoms with Crippen LogP contribution in [0.5, 0.6) is 0 Å². The number of nitrogens with zero attached hydrogens (tertiary/aromatic N) is 2. The number of halogens is 2. The molecule has 23 heavy (non-hydrogen) atoms. The van der Waals surface area contributed by atoms with Crippen LogP contribution in [0.3, 0.4) is 0 Å². The van der Waals surface area contributed by atoms with E-state index in [9.17, 15) is 9.18 Å². The average Bonchev–Trinajstić information content (AvgIpc) is 3.28. The Balaban J connectivity index is 1.77. The van der Waals surface area contributed by atoms with Gasteiger partial charge in [-0.25, -0.2) is 19.2 Å². The average molecular weight is 336 g/mol. The Morgan fingerprint density at radius 1 is 1.39 bits per heavy atom. The maximum absolute atomic E-state index is 14.1. The number of hydrogen-bond donors (Lipinski definition) is 1. The van der Waals surface area contributed by atoms with E-state index in [1.54, 1.807) is 19.1 Å². The second-order valence-corrected chi connectivity index (χ2v) is 5.78. The molecule has 0 atom stereocenters. The number of benzene rings is 1. The minimum atomic E-state index is -0.514. The van der Waals surface area contributed by atoms with Gasteiger partial charge in [0, 0.05) is 23.0 Å². The molecule has 0 aliphatic heterocycles. The zero-order valence-electron chi connectivity index (χ0n) is 12.5. The van der Waals surface area contributed by atoms with Crippen molar-refractivity contribution in [2.24, 2.45) is 0 Å². The molecule has 0 amide bonds. The molecule has 120 valence electrons. The fraction of sp³-hybridized carbons (Fsp3) is 0.312. The topological polar surface area (TPSA) is 64.1 Å². The lowest BCUT2D eigenvalue weighted by Gasteiger charge is -2.18. The lowest BCUT2D eigenvalue weighted by Crippen LogP contribution is -2.22. The van der Waals surface area contributed by atoms with E-state index in [4.69, 9.17) is 16.3 Å². The van der Waals surface area contributed by atoms with Crippen LogP contribution in [-0.2, 0) is 10.3 Å². The summed E-state index contributed by atoms with van der Waals surface area (Å²) >= 11 is 5.79. The van der Waals surface area contributed by atoms with E-state index >= 15 is 0 Å². The predicted molar refractivity (Wildman–Crippen MR) is 83.9 cm³/mol. The van der Waals surface area contributed by atoms with Gasteiger partial charge in [-0.2, -0.15) is 0 Å². The summed E-state index contributed by atoms with van der Waals surface area (Å²) in [5.41, 5.74) is 0.306. The Morgan fingerprint density at radius 3 is 2.65 bits per heavy atom. The highest BCUT2D eigenvalue weighted by Gasteiger charge is 2.46. The van der Waals surface area contributed by atoms with Crippen molar-refractivity contribution in [3.05, 3.63) is 52.6 Å². The van der Waals surface area contributed by atoms with Crippen molar-refractivity contribution in [1.82, 2.24) is 9.97 Å². The second kappa shape index (κ2) is 6.12. The van der Waals surface area contributed by atoms with E-state index in [2.05, 4.69) is 15.3 Å². The first-order valence-electron chi connectivity index (χ1n) is 7.27. The zero-order valence-corrected chi connectivity index (χ0v) is 13.2. The number of esters is 1. The van der Waals surface area contributed by atoms with Crippen molar-refractivity contribution >= 4 is 23.5 Å². The highest BCUT2D eigenvalue weighted by Crippen LogP contribution is 2.48. The molecule has 2 aromatic rings. The van der Waals surface area contributed by atoms with Gasteiger partial charge in [-0.3, -0.25) is 0 Å². The first-order chi connectivity index (χ1) is 11.0. The maximum atomic E-state index is 14.1. The Kier molecular flexibility index (Phi) is 4.17. The molecule has 1 aromatic carbocycles. The van der Waals surface area contributed by atoms with Gasteiger partial charge in [0.2, 0.25) is 5.95 Å². The SMILES string of the molecule is CCOC(=O)c1cnc(NC2(c3ccc(Cl)cc3F)CC2)nc1. The van der Waals surface area contributed by atoms with Crippen LogP contribution in [0, 0.1) is 5.82 Å². The van der Waals surface area contributed by atoms with Crippen molar-refractivity contribution < 1.29 is 13.9 Å². The zero-order chi connectivity index (χ0) is 16.4. The van der Waals surface area contributed by atoms with E-state index in [-0.39, 0.29) is 18.0 Å². The standard InChI is InChI=1S/C16H15ClFN3O2/c1-2-23-14(22)10-8-19-15(20-9-10)21-16(5-6-16)12-4-3-11(17)7-13(12)18/h3-4,7-9H,2,5-6H2,1H3,(H,19,20,21). The molecule has 1 heterocycles. The van der Waals surface area contributed by atoms with Gasteiger partial charge in [-0.1, -0.05) is 17.7 Å². The van der Waals surface area contributed by atoms with E-state index in [1.165, 1.54) is 18.5 Å². The minimum absolute atomic E-state index is 0.278. The molecule has 1 aromatic heterocycles. The fourth-order valence-electron chi connectivity index (χ4n) is 2.39. The molecule has 0 unspecified atom stereocenters. The van der Waals surface area contributed by atoms with Crippen LogP contribution in [0.2, 0.25) is 5.02 Å². The Hall–Kier alpha value is -2.21. The molecule has 0 saturated heterocycles. The van der Waals surface area contributed by atoms with E-state index < -0.39 is 11.5 Å². The maximum Gasteiger partial charge on any atom is 0.341 e. The van der Waals surface area contributed by atoms with Crippen molar-refractivity contribution in [2.75, 3.05) is 11.9 Å². The van der Waals surface area contributed by atoms with Gasteiger partial charge < -0.3 is 10.1 Å². The number of aromatic nitrogens is 2. The highest BCUT2D eigenvalue weighted by molar-refractivity contribution is 6.30. The number of hydrogen-bond acceptors (Lipinski definition) is 5. The summed E-state index contributed by atoms with van der Waals surface area (Å²) in [5, 5.41) is 3.51. The first-order valence-corrected chi connectivity index (χ1v) is 7.65. The van der Waals surface area contributed by atoms with Crippen molar-refractivity contribution in [3.63, 3.8) is 0 Å². The third kappa shape index (κ3) is 3.27. The number of carbonyl (C=O) groups excluding carboxylic acids is 1. The Morgan fingerprint density at radius 2 is 2.09 bits per heavy atom. The van der Waals surface area contributed by atoms with Crippen LogP contribution >= 0.6 is 11.6 Å². The van der Waals surface area contributed by atoms with Gasteiger partial charge in [0.15, 0.2) is 0 Å². The van der Waals surface area contributed by atoms with Gasteiger partial charge >= 0.3 is 5.97 Å². The largest absolute Gasteiger partial charge is 0.462 e. The lowest BCUT2D eigenvalue weighted by molar-refractivity contribution is 0.0525. The summed E-state index contributed by atoms with van der Waals surface area (Å²) in [4.78, 5) is 19.8. The Bertz CT molecular complexity index is 733. The third-order valence-corrected chi connectivity index (χ3v) is 3.95. The molecule has 0 radical (unpaired) electrons. The van der Waals surface area contributed by atoms with Crippen molar-refractivity contribution in [3.8, 4) is 0 Å². The quantitative estimate of drug-likeness (QED) is 0.847. The van der Waals surface area contributed by atoms with Gasteiger partial charge in [-0.15, -0.1) is 0 Å². The number of anilines is 1. The van der Waals surface area contributed by atoms with E-state index in [1.807, 2.05) is 0 Å². The number of carbonyl (C=O) groups is 1. The molecule has 1 aliphatic carbocycles. The third-order valence-electron chi connectivity index (χ3n) is 3.71. The summed E-state index contributed by atoms with van der Waals surface area (Å²) in [5.74, 6) is -0.487. The fourth-order valence-corrected chi connectivity index (χ4v) is 2.55. The molecule has 7 heteroatoms. The molecule has 1 saturated carbocycles. The summed E-state index contributed by atoms with van der Waals surface area (Å²) in [6, 6.07) is 4.63. The van der Waals surface area contributed by atoms with Crippen molar-refractivity contribution in [2.45, 2.75) is 25.3 Å². The molecule has 1 N–H and O–H groups in total. The number of rotatable bonds is 5. The first kappa shape index (κ1) is 15.7. The predicted octanol–water partition coefficient (Wildman–Crippen LogP) is 3.55. The van der Waals surface area contributed by atoms with Gasteiger partial charge in [0.05, 0.1) is 17.7 Å². The summed E-state index contributed by atoms with van der Waals surface area (Å²) in [6.07, 6.45) is 4.33. The van der Waals surface area contributed by atoms with Crippen LogP contribution in [0.4, 0.5) is 10.3 Å². The van der Waals surface area contributed by atoms with Crippen LogP contribution in [-0.4, -0.2) is 22.5 Å². The molecule has 1 aliphatic rings. The van der Waals surface area contributed by atoms with Crippen LogP contribution in [0.25, 0.3) is 0 Å². The van der Waals surface area contributed by atoms with Gasteiger partial charge in [-0.05, 0) is 31.9 Å². The van der Waals surface area contributed by atoms with Gasteiger partial charge in [0.25, 0.3) is 0 Å². The summed E-state index contributed by atoms with van der Waals surface area (Å²) in [6.45, 7) is 2.02. The molecule has 5 nitrogen and oxygen atoms in total. The monoisotopic (exact) mass is 335 g/mol. The smallest absolute Gasteiger partial charge is 0.341 e. The molecular weight excluding hydrogens is 321 g/mol. The van der Waals surface area contributed by atoms with Crippen molar-refractivity contribution in [1.29, 1.82) is 0 Å². The normalized spacial score (nSPS) is 15.1. The van der Waals surface area contributed by atoms with E-state index in [0.717, 1.165) is 12.8 Å². The highest BCUT2D eigenvalue weighted by atomic mass is 35.5. The van der Waals surface area contributed by atoms with E-state index in [0.29, 0.717) is 16.5 Å². The molecule has 3 rings (SSSR count). The van der Waals surface area contributed by atoms with Crippen LogP contribution < -0.4 is 5.32 Å². The second-order valence-electron chi connectivity index (χ2n) is 5.35. The number of ether oxygens (including phenoxy) is 1. The van der Waals surface area contributed by atoms with Crippen LogP contribution in [0.1, 0.15) is 35.7 Å². The number of nitrogens with one attached hydrogen (secondary N) is 1. The molecular formula is C16H15ClFN3O2. The summed E-state index contributed by atoms with van der Waals surface area (Å²) < 4.78 is 19.0.